The molecule has 0 unspecified atom stereocenters. The zero-order valence-electron chi connectivity index (χ0n) is 23.9. The van der Waals surface area contributed by atoms with E-state index >= 15 is 0 Å². The fraction of sp³-hybridized carbons (Fsp3) is 0.212. The normalized spacial score (nSPS) is 13.9. The molecule has 0 bridgehead atoms. The number of hydrogen-bond acceptors (Lipinski definition) is 6. The third kappa shape index (κ3) is 5.21. The molecule has 8 nitrogen and oxygen atoms in total. The van der Waals surface area contributed by atoms with Gasteiger partial charge in [-0.3, -0.25) is 9.59 Å². The van der Waals surface area contributed by atoms with Gasteiger partial charge < -0.3 is 30.3 Å². The Labute approximate surface area is 243 Å². The van der Waals surface area contributed by atoms with Gasteiger partial charge in [0.25, 0.3) is 11.8 Å². The van der Waals surface area contributed by atoms with Crippen molar-refractivity contribution in [2.24, 2.45) is 5.73 Å². The second kappa shape index (κ2) is 11.1. The van der Waals surface area contributed by atoms with Gasteiger partial charge in [-0.25, -0.2) is 4.39 Å². The minimum absolute atomic E-state index is 0.334. The smallest absolute Gasteiger partial charge is 0.255 e. The minimum Gasteiger partial charge on any atom is -0.496 e. The first-order valence-corrected chi connectivity index (χ1v) is 13.4. The highest BCUT2D eigenvalue weighted by molar-refractivity contribution is 6.12. The van der Waals surface area contributed by atoms with E-state index in [2.05, 4.69) is 17.2 Å². The Morgan fingerprint density at radius 2 is 1.76 bits per heavy atom. The van der Waals surface area contributed by atoms with Crippen LogP contribution in [0, 0.1) is 12.7 Å². The summed E-state index contributed by atoms with van der Waals surface area (Å²) < 4.78 is 30.9. The molecule has 5 rings (SSSR count). The van der Waals surface area contributed by atoms with E-state index in [1.54, 1.807) is 37.3 Å². The molecule has 0 saturated heterocycles. The zero-order valence-corrected chi connectivity index (χ0v) is 23.9. The number of amides is 2. The number of methoxy groups -OCH3 is 1. The summed E-state index contributed by atoms with van der Waals surface area (Å²) in [6.45, 7) is 7.64. The number of carbonyl (C=O) groups excluding carboxylic acids is 2. The number of ether oxygens (including phenoxy) is 2. The molecule has 1 fully saturated rings. The van der Waals surface area contributed by atoms with Gasteiger partial charge in [0.2, 0.25) is 0 Å². The summed E-state index contributed by atoms with van der Waals surface area (Å²) in [6, 6.07) is 14.8. The molecule has 9 heteroatoms. The van der Waals surface area contributed by atoms with Gasteiger partial charge in [0.15, 0.2) is 0 Å². The van der Waals surface area contributed by atoms with Crippen molar-refractivity contribution >= 4 is 22.8 Å². The third-order valence-electron chi connectivity index (χ3n) is 7.51. The SMILES string of the molecule is C=C(O/C(C)=C\N)C1(NC(=O)c2cc(-c3ccc4oc(-c5ccc(F)cc5)c(C(=O)NC)c4c3)c(C)cc2OC)CC1. The second-order valence-corrected chi connectivity index (χ2v) is 10.3. The number of aryl methyl sites for hydroxylation is 1. The van der Waals surface area contributed by atoms with Gasteiger partial charge in [-0.05, 0) is 91.9 Å². The van der Waals surface area contributed by atoms with Crippen LogP contribution in [0.3, 0.4) is 0 Å². The van der Waals surface area contributed by atoms with Crippen LogP contribution in [-0.4, -0.2) is 31.5 Å². The largest absolute Gasteiger partial charge is 0.496 e. The third-order valence-corrected chi connectivity index (χ3v) is 7.51. The van der Waals surface area contributed by atoms with Gasteiger partial charge in [-0.15, -0.1) is 0 Å². The van der Waals surface area contributed by atoms with E-state index < -0.39 is 5.54 Å². The van der Waals surface area contributed by atoms with E-state index in [0.29, 0.717) is 63.5 Å². The Bertz CT molecular complexity index is 1750. The topological polar surface area (TPSA) is 116 Å². The van der Waals surface area contributed by atoms with Crippen LogP contribution in [0.4, 0.5) is 4.39 Å². The van der Waals surface area contributed by atoms with Crippen LogP contribution < -0.4 is 21.1 Å². The van der Waals surface area contributed by atoms with E-state index in [0.717, 1.165) is 16.7 Å². The Balaban J connectivity index is 1.56. The highest BCUT2D eigenvalue weighted by Gasteiger charge is 2.49. The Hall–Kier alpha value is -5.05. The van der Waals surface area contributed by atoms with Crippen molar-refractivity contribution in [3.63, 3.8) is 0 Å². The van der Waals surface area contributed by atoms with Crippen molar-refractivity contribution in [1.82, 2.24) is 10.6 Å². The molecule has 2 amide bonds. The number of halogens is 1. The summed E-state index contributed by atoms with van der Waals surface area (Å²) in [5, 5.41) is 6.32. The van der Waals surface area contributed by atoms with Crippen LogP contribution in [0.5, 0.6) is 5.75 Å². The monoisotopic (exact) mass is 569 g/mol. The molecule has 0 radical (unpaired) electrons. The molecule has 1 saturated carbocycles. The number of fused-ring (bicyclic) bond motifs is 1. The fourth-order valence-electron chi connectivity index (χ4n) is 4.97. The molecular formula is C33H32FN3O5. The van der Waals surface area contributed by atoms with E-state index in [-0.39, 0.29) is 17.6 Å². The van der Waals surface area contributed by atoms with Crippen LogP contribution in [-0.2, 0) is 4.74 Å². The molecule has 216 valence electrons. The summed E-state index contributed by atoms with van der Waals surface area (Å²) >= 11 is 0. The highest BCUT2D eigenvalue weighted by atomic mass is 19.1. The van der Waals surface area contributed by atoms with Crippen molar-refractivity contribution in [3.05, 3.63) is 101 Å². The summed E-state index contributed by atoms with van der Waals surface area (Å²) in [7, 11) is 3.05. The lowest BCUT2D eigenvalue weighted by Gasteiger charge is -2.22. The average molecular weight is 570 g/mol. The summed E-state index contributed by atoms with van der Waals surface area (Å²) in [5.74, 6) is 0.607. The summed E-state index contributed by atoms with van der Waals surface area (Å²) in [4.78, 5) is 26.6. The maximum Gasteiger partial charge on any atom is 0.255 e. The lowest BCUT2D eigenvalue weighted by atomic mass is 9.95. The maximum atomic E-state index is 13.6. The Kier molecular flexibility index (Phi) is 7.51. The van der Waals surface area contributed by atoms with Gasteiger partial charge in [0.05, 0.1) is 23.8 Å². The Morgan fingerprint density at radius 3 is 2.38 bits per heavy atom. The van der Waals surface area contributed by atoms with Crippen molar-refractivity contribution < 1.29 is 27.9 Å². The number of hydrogen-bond donors (Lipinski definition) is 3. The first-order chi connectivity index (χ1) is 20.1. The van der Waals surface area contributed by atoms with Crippen LogP contribution in [0.1, 0.15) is 46.0 Å². The van der Waals surface area contributed by atoms with E-state index in [1.165, 1.54) is 32.5 Å². The van der Waals surface area contributed by atoms with E-state index in [1.807, 2.05) is 19.1 Å². The van der Waals surface area contributed by atoms with Crippen molar-refractivity contribution in [1.29, 1.82) is 0 Å². The lowest BCUT2D eigenvalue weighted by Crippen LogP contribution is -2.39. The highest BCUT2D eigenvalue weighted by Crippen LogP contribution is 2.44. The quantitative estimate of drug-likeness (QED) is 0.207. The molecule has 42 heavy (non-hydrogen) atoms. The van der Waals surface area contributed by atoms with Crippen molar-refractivity contribution in [2.75, 3.05) is 14.2 Å². The predicted molar refractivity (Wildman–Crippen MR) is 159 cm³/mol. The number of carbonyl (C=O) groups is 2. The molecule has 1 aromatic heterocycles. The van der Waals surface area contributed by atoms with Gasteiger partial charge >= 0.3 is 0 Å². The molecule has 1 aliphatic carbocycles. The predicted octanol–water partition coefficient (Wildman–Crippen LogP) is 6.20. The van der Waals surface area contributed by atoms with E-state index in [9.17, 15) is 14.0 Å². The molecule has 0 aliphatic heterocycles. The molecule has 4 N–H and O–H groups in total. The van der Waals surface area contributed by atoms with Crippen molar-refractivity contribution in [2.45, 2.75) is 32.2 Å². The molecular weight excluding hydrogens is 537 g/mol. The van der Waals surface area contributed by atoms with Crippen LogP contribution in [0.15, 0.2) is 83.3 Å². The number of allylic oxidation sites excluding steroid dienone is 1. The molecule has 1 heterocycles. The Morgan fingerprint density at radius 1 is 1.07 bits per heavy atom. The second-order valence-electron chi connectivity index (χ2n) is 10.3. The van der Waals surface area contributed by atoms with Crippen LogP contribution >= 0.6 is 0 Å². The maximum absolute atomic E-state index is 13.6. The van der Waals surface area contributed by atoms with Gasteiger partial charge in [-0.1, -0.05) is 12.6 Å². The molecule has 3 aromatic carbocycles. The number of rotatable bonds is 9. The molecule has 1 aliphatic rings. The average Bonchev–Trinajstić information content (AvgIpc) is 3.68. The summed E-state index contributed by atoms with van der Waals surface area (Å²) in [5.41, 5.74) is 9.00. The number of benzene rings is 3. The zero-order chi connectivity index (χ0) is 30.2. The van der Waals surface area contributed by atoms with Gasteiger partial charge in [-0.2, -0.15) is 0 Å². The van der Waals surface area contributed by atoms with E-state index in [4.69, 9.17) is 19.6 Å². The van der Waals surface area contributed by atoms with Crippen molar-refractivity contribution in [3.8, 4) is 28.2 Å². The first-order valence-electron chi connectivity index (χ1n) is 13.4. The molecule has 4 aromatic rings. The fourth-order valence-corrected chi connectivity index (χ4v) is 4.97. The molecule has 0 atom stereocenters. The standard InChI is InChI=1S/C33H32FN3O5/c1-18-14-28(40-5)26(31(38)37-33(12-13-33)20(3)41-19(2)17-35)16-24(18)22-8-11-27-25(15-22)29(32(39)36-4)30(42-27)21-6-9-23(34)10-7-21/h6-11,14-17H,3,12-13,35H2,1-2,4-5H3,(H,36,39)(H,37,38)/b19-17-. The molecule has 0 spiro atoms. The first kappa shape index (κ1) is 28.5. The number of nitrogens with one attached hydrogen (secondary N) is 2. The summed E-state index contributed by atoms with van der Waals surface area (Å²) in [6.07, 6.45) is 2.71. The van der Waals surface area contributed by atoms with Gasteiger partial charge in [0, 0.05) is 24.2 Å². The number of nitrogens with two attached hydrogens (primary N) is 1. The number of furan rings is 1. The van der Waals surface area contributed by atoms with Crippen LogP contribution in [0.25, 0.3) is 33.4 Å². The minimum atomic E-state index is -0.688. The van der Waals surface area contributed by atoms with Crippen LogP contribution in [0.2, 0.25) is 0 Å². The lowest BCUT2D eigenvalue weighted by molar-refractivity contribution is 0.0919. The van der Waals surface area contributed by atoms with Gasteiger partial charge in [0.1, 0.15) is 34.4 Å².